The fraction of sp³-hybridized carbons (Fsp3) is 0.160. The van der Waals surface area contributed by atoms with E-state index < -0.39 is 9.85 Å². The van der Waals surface area contributed by atoms with Crippen molar-refractivity contribution in [1.82, 2.24) is 9.66 Å². The molecule has 0 saturated carbocycles. The molecule has 0 saturated heterocycles. The molecule has 0 amide bonds. The third kappa shape index (κ3) is 5.70. The fourth-order valence-electron chi connectivity index (χ4n) is 3.63. The fourth-order valence-corrected chi connectivity index (χ4v) is 3.99. The molecule has 0 fully saturated rings. The van der Waals surface area contributed by atoms with Crippen LogP contribution in [0.1, 0.15) is 30.3 Å². The first-order chi connectivity index (χ1) is 17.8. The van der Waals surface area contributed by atoms with Crippen LogP contribution in [0.25, 0.3) is 10.9 Å². The lowest BCUT2D eigenvalue weighted by atomic mass is 10.2. The minimum Gasteiger partial charge on any atom is -0.481 e. The van der Waals surface area contributed by atoms with Crippen LogP contribution in [-0.2, 0) is 13.0 Å². The molecule has 0 atom stereocenters. The Labute approximate surface area is 218 Å². The summed E-state index contributed by atoms with van der Waals surface area (Å²) in [5.74, 6) is 0.411. The summed E-state index contributed by atoms with van der Waals surface area (Å²) < 4.78 is 7.70. The normalized spacial score (nSPS) is 11.2. The number of benzene rings is 3. The Bertz CT molecular complexity index is 1580. The van der Waals surface area contributed by atoms with Crippen LogP contribution >= 0.6 is 15.9 Å². The maximum Gasteiger partial charge on any atom is 0.311 e. The Balaban J connectivity index is 1.73. The van der Waals surface area contributed by atoms with Gasteiger partial charge in [0.2, 0.25) is 5.75 Å². The molecule has 3 aromatic carbocycles. The minimum absolute atomic E-state index is 0.0452. The van der Waals surface area contributed by atoms with Crippen LogP contribution in [0.15, 0.2) is 75.0 Å². The standard InChI is InChI=1S/C25H20BrN5O6/c1-2-4-23-28-21-12-9-18(26)13-20(21)25(32)29(23)27-14-17-5-3-6-22(31(35)36)24(17)37-15-16-7-10-19(11-8-16)30(33)34/h3,5-14H,2,4,15H2,1H3. The third-order valence-electron chi connectivity index (χ3n) is 5.41. The van der Waals surface area contributed by atoms with E-state index in [1.807, 2.05) is 6.92 Å². The van der Waals surface area contributed by atoms with Crippen molar-refractivity contribution in [1.29, 1.82) is 0 Å². The van der Waals surface area contributed by atoms with Crippen LogP contribution < -0.4 is 10.3 Å². The first kappa shape index (κ1) is 25.6. The van der Waals surface area contributed by atoms with Crippen LogP contribution in [0.4, 0.5) is 11.4 Å². The molecule has 0 radical (unpaired) electrons. The number of nitrogens with zero attached hydrogens (tertiary/aromatic N) is 5. The lowest BCUT2D eigenvalue weighted by molar-refractivity contribution is -0.386. The van der Waals surface area contributed by atoms with E-state index in [2.05, 4.69) is 26.0 Å². The molecular formula is C25H20BrN5O6. The van der Waals surface area contributed by atoms with E-state index in [0.717, 1.165) is 10.9 Å². The first-order valence-electron chi connectivity index (χ1n) is 11.2. The Kier molecular flexibility index (Phi) is 7.68. The van der Waals surface area contributed by atoms with Gasteiger partial charge in [-0.2, -0.15) is 9.78 Å². The van der Waals surface area contributed by atoms with E-state index in [1.54, 1.807) is 24.3 Å². The van der Waals surface area contributed by atoms with Gasteiger partial charge in [0, 0.05) is 34.7 Å². The highest BCUT2D eigenvalue weighted by Gasteiger charge is 2.19. The number of hydrogen-bond acceptors (Lipinski definition) is 8. The van der Waals surface area contributed by atoms with E-state index in [-0.39, 0.29) is 34.9 Å². The molecule has 0 aliphatic heterocycles. The molecule has 12 heteroatoms. The number of ether oxygens (including phenoxy) is 1. The Morgan fingerprint density at radius 1 is 1.08 bits per heavy atom. The Morgan fingerprint density at radius 3 is 2.51 bits per heavy atom. The van der Waals surface area contributed by atoms with Gasteiger partial charge in [-0.15, -0.1) is 0 Å². The number of hydrogen-bond donors (Lipinski definition) is 0. The zero-order chi connectivity index (χ0) is 26.5. The maximum absolute atomic E-state index is 13.2. The number of nitro groups is 2. The summed E-state index contributed by atoms with van der Waals surface area (Å²) >= 11 is 3.37. The van der Waals surface area contributed by atoms with Crippen LogP contribution in [0, 0.1) is 20.2 Å². The van der Waals surface area contributed by atoms with Gasteiger partial charge in [0.1, 0.15) is 12.4 Å². The van der Waals surface area contributed by atoms with Crippen molar-refractivity contribution in [3.63, 3.8) is 0 Å². The number of rotatable bonds is 9. The van der Waals surface area contributed by atoms with Gasteiger partial charge in [0.05, 0.1) is 27.0 Å². The number of aryl methyl sites for hydroxylation is 1. The molecule has 37 heavy (non-hydrogen) atoms. The smallest absolute Gasteiger partial charge is 0.311 e. The van der Waals surface area contributed by atoms with E-state index >= 15 is 0 Å². The molecule has 0 N–H and O–H groups in total. The van der Waals surface area contributed by atoms with Crippen LogP contribution in [0.5, 0.6) is 5.75 Å². The lowest BCUT2D eigenvalue weighted by Gasteiger charge is -2.11. The van der Waals surface area contributed by atoms with Gasteiger partial charge in [0.15, 0.2) is 0 Å². The predicted octanol–water partition coefficient (Wildman–Crippen LogP) is 5.39. The SMILES string of the molecule is CCCc1nc2ccc(Br)cc2c(=O)n1N=Cc1cccc([N+](=O)[O-])c1OCc1ccc([N+](=O)[O-])cc1. The highest BCUT2D eigenvalue weighted by atomic mass is 79.9. The summed E-state index contributed by atoms with van der Waals surface area (Å²) in [6.45, 7) is 1.88. The number of nitro benzene ring substituents is 2. The van der Waals surface area contributed by atoms with Gasteiger partial charge in [-0.25, -0.2) is 4.98 Å². The van der Waals surface area contributed by atoms with Crippen molar-refractivity contribution in [2.45, 2.75) is 26.4 Å². The number of non-ortho nitro benzene ring substituents is 1. The van der Waals surface area contributed by atoms with Gasteiger partial charge in [-0.3, -0.25) is 25.0 Å². The number of para-hydroxylation sites is 1. The number of halogens is 1. The van der Waals surface area contributed by atoms with Gasteiger partial charge < -0.3 is 4.74 Å². The summed E-state index contributed by atoms with van der Waals surface area (Å²) in [4.78, 5) is 39.3. The second kappa shape index (κ2) is 11.1. The molecule has 0 aliphatic rings. The molecule has 1 heterocycles. The second-order valence-corrected chi connectivity index (χ2v) is 8.88. The van der Waals surface area contributed by atoms with Crippen molar-refractivity contribution in [2.24, 2.45) is 5.10 Å². The van der Waals surface area contributed by atoms with Gasteiger partial charge in [-0.1, -0.05) is 28.9 Å². The summed E-state index contributed by atoms with van der Waals surface area (Å²) in [6.07, 6.45) is 2.55. The summed E-state index contributed by atoms with van der Waals surface area (Å²) in [5, 5.41) is 27.3. The quantitative estimate of drug-likeness (QED) is 0.150. The summed E-state index contributed by atoms with van der Waals surface area (Å²) in [6, 6.07) is 15.3. The van der Waals surface area contributed by atoms with E-state index in [9.17, 15) is 25.0 Å². The van der Waals surface area contributed by atoms with Gasteiger partial charge in [0.25, 0.3) is 11.2 Å². The average molecular weight is 566 g/mol. The number of aromatic nitrogens is 2. The summed E-state index contributed by atoms with van der Waals surface area (Å²) in [7, 11) is 0. The zero-order valence-electron chi connectivity index (χ0n) is 19.5. The van der Waals surface area contributed by atoms with Crippen molar-refractivity contribution in [3.8, 4) is 5.75 Å². The van der Waals surface area contributed by atoms with Crippen LogP contribution in [0.3, 0.4) is 0 Å². The zero-order valence-corrected chi connectivity index (χ0v) is 21.1. The highest BCUT2D eigenvalue weighted by Crippen LogP contribution is 2.31. The molecule has 188 valence electrons. The average Bonchev–Trinajstić information content (AvgIpc) is 2.88. The first-order valence-corrected chi connectivity index (χ1v) is 12.0. The molecule has 4 aromatic rings. The maximum atomic E-state index is 13.2. The molecule has 0 bridgehead atoms. The van der Waals surface area contributed by atoms with E-state index in [4.69, 9.17) is 4.74 Å². The van der Waals surface area contributed by atoms with Gasteiger partial charge >= 0.3 is 5.69 Å². The monoisotopic (exact) mass is 565 g/mol. The van der Waals surface area contributed by atoms with Crippen molar-refractivity contribution >= 4 is 44.4 Å². The Hall–Kier alpha value is -4.45. The van der Waals surface area contributed by atoms with Crippen molar-refractivity contribution < 1.29 is 14.6 Å². The lowest BCUT2D eigenvalue weighted by Crippen LogP contribution is -2.22. The van der Waals surface area contributed by atoms with Gasteiger partial charge in [-0.05, 0) is 48.4 Å². The van der Waals surface area contributed by atoms with Crippen molar-refractivity contribution in [3.05, 3.63) is 113 Å². The van der Waals surface area contributed by atoms with E-state index in [0.29, 0.717) is 28.7 Å². The van der Waals surface area contributed by atoms with Crippen molar-refractivity contribution in [2.75, 3.05) is 0 Å². The molecule has 1 aromatic heterocycles. The molecule has 0 unspecified atom stereocenters. The second-order valence-electron chi connectivity index (χ2n) is 7.97. The third-order valence-corrected chi connectivity index (χ3v) is 5.91. The molecular weight excluding hydrogens is 546 g/mol. The molecule has 4 rings (SSSR count). The van der Waals surface area contributed by atoms with Crippen LogP contribution in [0.2, 0.25) is 0 Å². The predicted molar refractivity (Wildman–Crippen MR) is 141 cm³/mol. The summed E-state index contributed by atoms with van der Waals surface area (Å²) in [5.41, 5.74) is 0.673. The number of fused-ring (bicyclic) bond motifs is 1. The highest BCUT2D eigenvalue weighted by molar-refractivity contribution is 9.10. The Morgan fingerprint density at radius 2 is 1.84 bits per heavy atom. The topological polar surface area (TPSA) is 143 Å². The molecule has 11 nitrogen and oxygen atoms in total. The largest absolute Gasteiger partial charge is 0.481 e. The van der Waals surface area contributed by atoms with Crippen LogP contribution in [-0.4, -0.2) is 25.7 Å². The van der Waals surface area contributed by atoms with E-state index in [1.165, 1.54) is 47.3 Å². The molecule has 0 aliphatic carbocycles. The molecule has 0 spiro atoms. The minimum atomic E-state index is -0.577.